The minimum absolute atomic E-state index is 0.290. The topological polar surface area (TPSA) is 52.7 Å². The molecule has 0 unspecified atom stereocenters. The largest absolute Gasteiger partial charge is 0.360 e. The standard InChI is InChI=1S/C18H24ClN3O2S2/c19-15-3-5-16(6-4-15)26(23,24)22-9-7-21(8-10-22)18(25)20-17-12-13-1-2-14(17)11-13/h3-6,13-14,17H,1-2,7-12H2,(H,20,25)/t13-,14-,17+/m1/s1. The Hall–Kier alpha value is -0.890. The average Bonchev–Trinajstić information content (AvgIpc) is 3.25. The molecular weight excluding hydrogens is 390 g/mol. The van der Waals surface area contributed by atoms with E-state index in [9.17, 15) is 8.42 Å². The highest BCUT2D eigenvalue weighted by atomic mass is 35.5. The van der Waals surface area contributed by atoms with Crippen LogP contribution in [0.4, 0.5) is 0 Å². The first kappa shape index (κ1) is 18.5. The molecule has 0 aromatic heterocycles. The summed E-state index contributed by atoms with van der Waals surface area (Å²) in [7, 11) is -3.47. The molecule has 3 fully saturated rings. The number of nitrogens with one attached hydrogen (secondary N) is 1. The summed E-state index contributed by atoms with van der Waals surface area (Å²) in [6.07, 6.45) is 5.26. The van der Waals surface area contributed by atoms with Gasteiger partial charge in [-0.2, -0.15) is 4.31 Å². The number of hydrogen-bond acceptors (Lipinski definition) is 3. The Labute approximate surface area is 165 Å². The zero-order chi connectivity index (χ0) is 18.3. The summed E-state index contributed by atoms with van der Waals surface area (Å²) in [5.41, 5.74) is 0. The normalized spacial score (nSPS) is 29.1. The van der Waals surface area contributed by atoms with Gasteiger partial charge in [0, 0.05) is 37.2 Å². The van der Waals surface area contributed by atoms with Gasteiger partial charge in [0.25, 0.3) is 0 Å². The number of fused-ring (bicyclic) bond motifs is 2. The van der Waals surface area contributed by atoms with E-state index < -0.39 is 10.0 Å². The first-order valence-corrected chi connectivity index (χ1v) is 11.5. The van der Waals surface area contributed by atoms with Gasteiger partial charge in [0.1, 0.15) is 0 Å². The van der Waals surface area contributed by atoms with Crippen molar-refractivity contribution in [1.29, 1.82) is 0 Å². The summed E-state index contributed by atoms with van der Waals surface area (Å²) in [5, 5.41) is 4.86. The molecule has 1 aliphatic heterocycles. The van der Waals surface area contributed by atoms with E-state index in [-0.39, 0.29) is 4.90 Å². The van der Waals surface area contributed by atoms with Crippen molar-refractivity contribution in [3.8, 4) is 0 Å². The second-order valence-electron chi connectivity index (χ2n) is 7.58. The smallest absolute Gasteiger partial charge is 0.243 e. The molecule has 3 aliphatic rings. The maximum atomic E-state index is 12.8. The molecule has 1 N–H and O–H groups in total. The van der Waals surface area contributed by atoms with Gasteiger partial charge < -0.3 is 10.2 Å². The van der Waals surface area contributed by atoms with Gasteiger partial charge >= 0.3 is 0 Å². The van der Waals surface area contributed by atoms with Crippen LogP contribution in [-0.2, 0) is 10.0 Å². The molecule has 0 amide bonds. The summed E-state index contributed by atoms with van der Waals surface area (Å²) in [6.45, 7) is 2.14. The Morgan fingerprint density at radius 3 is 2.35 bits per heavy atom. The van der Waals surface area contributed by atoms with E-state index in [0.717, 1.165) is 16.9 Å². The number of thiocarbonyl (C=S) groups is 1. The third kappa shape index (κ3) is 3.59. The van der Waals surface area contributed by atoms with Gasteiger partial charge in [-0.3, -0.25) is 0 Å². The van der Waals surface area contributed by atoms with E-state index in [4.69, 9.17) is 23.8 Å². The third-order valence-electron chi connectivity index (χ3n) is 6.02. The highest BCUT2D eigenvalue weighted by molar-refractivity contribution is 7.89. The van der Waals surface area contributed by atoms with Crippen molar-refractivity contribution in [1.82, 2.24) is 14.5 Å². The lowest BCUT2D eigenvalue weighted by atomic mass is 9.95. The van der Waals surface area contributed by atoms with E-state index in [1.807, 2.05) is 0 Å². The van der Waals surface area contributed by atoms with Crippen LogP contribution in [0.25, 0.3) is 0 Å². The predicted octanol–water partition coefficient (Wildman–Crippen LogP) is 2.71. The molecule has 3 atom stereocenters. The van der Waals surface area contributed by atoms with Crippen LogP contribution in [0.3, 0.4) is 0 Å². The maximum absolute atomic E-state index is 12.8. The average molecular weight is 414 g/mol. The van der Waals surface area contributed by atoms with E-state index in [1.165, 1.54) is 30.0 Å². The first-order valence-electron chi connectivity index (χ1n) is 9.24. The van der Waals surface area contributed by atoms with Crippen LogP contribution in [0, 0.1) is 11.8 Å². The van der Waals surface area contributed by atoms with Crippen LogP contribution in [0.1, 0.15) is 25.7 Å². The fourth-order valence-electron chi connectivity index (χ4n) is 4.56. The Morgan fingerprint density at radius 1 is 1.08 bits per heavy atom. The van der Waals surface area contributed by atoms with E-state index >= 15 is 0 Å². The fraction of sp³-hybridized carbons (Fsp3) is 0.611. The van der Waals surface area contributed by atoms with Gasteiger partial charge in [0.15, 0.2) is 5.11 Å². The highest BCUT2D eigenvalue weighted by Crippen LogP contribution is 2.44. The van der Waals surface area contributed by atoms with Crippen LogP contribution in [0.5, 0.6) is 0 Å². The number of hydrogen-bond donors (Lipinski definition) is 1. The lowest BCUT2D eigenvalue weighted by molar-refractivity contribution is 0.258. The zero-order valence-electron chi connectivity index (χ0n) is 14.6. The molecule has 142 valence electrons. The Kier molecular flexibility index (Phi) is 5.16. The molecule has 8 heteroatoms. The fourth-order valence-corrected chi connectivity index (χ4v) is 6.44. The molecular formula is C18H24ClN3O2S2. The molecule has 1 aromatic rings. The predicted molar refractivity (Wildman–Crippen MR) is 107 cm³/mol. The molecule has 0 radical (unpaired) electrons. The zero-order valence-corrected chi connectivity index (χ0v) is 17.0. The number of nitrogens with zero attached hydrogens (tertiary/aromatic N) is 2. The molecule has 1 saturated heterocycles. The molecule has 2 aliphatic carbocycles. The summed E-state index contributed by atoms with van der Waals surface area (Å²) in [5.74, 6) is 1.64. The van der Waals surface area contributed by atoms with Crippen LogP contribution >= 0.6 is 23.8 Å². The molecule has 2 saturated carbocycles. The second-order valence-corrected chi connectivity index (χ2v) is 10.3. The lowest BCUT2D eigenvalue weighted by Gasteiger charge is -2.37. The SMILES string of the molecule is O=S(=O)(c1ccc(Cl)cc1)N1CCN(C(=S)N[C@H]2C[C@@H]3CC[C@@H]2C3)CC1. The summed E-state index contributed by atoms with van der Waals surface area (Å²) in [4.78, 5) is 2.40. The number of benzene rings is 1. The molecule has 1 heterocycles. The molecule has 5 nitrogen and oxygen atoms in total. The Morgan fingerprint density at radius 2 is 1.77 bits per heavy atom. The van der Waals surface area contributed by atoms with E-state index in [1.54, 1.807) is 24.3 Å². The Balaban J connectivity index is 1.33. The summed E-state index contributed by atoms with van der Waals surface area (Å²) >= 11 is 11.5. The van der Waals surface area contributed by atoms with Crippen molar-refractivity contribution in [3.05, 3.63) is 29.3 Å². The first-order chi connectivity index (χ1) is 12.4. The van der Waals surface area contributed by atoms with Crippen LogP contribution in [0.15, 0.2) is 29.2 Å². The quantitative estimate of drug-likeness (QED) is 0.772. The Bertz CT molecular complexity index is 776. The third-order valence-corrected chi connectivity index (χ3v) is 8.57. The molecule has 2 bridgehead atoms. The van der Waals surface area contributed by atoms with Crippen molar-refractivity contribution in [2.24, 2.45) is 11.8 Å². The van der Waals surface area contributed by atoms with Crippen LogP contribution in [0.2, 0.25) is 5.02 Å². The van der Waals surface area contributed by atoms with Gasteiger partial charge in [-0.25, -0.2) is 8.42 Å². The maximum Gasteiger partial charge on any atom is 0.243 e. The van der Waals surface area contributed by atoms with Gasteiger partial charge in [-0.1, -0.05) is 18.0 Å². The van der Waals surface area contributed by atoms with Crippen LogP contribution in [-0.4, -0.2) is 55.0 Å². The van der Waals surface area contributed by atoms with Gasteiger partial charge in [0.2, 0.25) is 10.0 Å². The van der Waals surface area contributed by atoms with Crippen molar-refractivity contribution >= 4 is 39.0 Å². The van der Waals surface area contributed by atoms with Gasteiger partial charge in [-0.15, -0.1) is 0 Å². The molecule has 1 aromatic carbocycles. The highest BCUT2D eigenvalue weighted by Gasteiger charge is 2.40. The number of rotatable bonds is 3. The molecule has 26 heavy (non-hydrogen) atoms. The number of sulfonamides is 1. The minimum atomic E-state index is -3.47. The molecule has 4 rings (SSSR count). The van der Waals surface area contributed by atoms with E-state index in [0.29, 0.717) is 37.2 Å². The summed E-state index contributed by atoms with van der Waals surface area (Å²) < 4.78 is 27.0. The molecule has 0 spiro atoms. The van der Waals surface area contributed by atoms with Crippen molar-refractivity contribution in [3.63, 3.8) is 0 Å². The van der Waals surface area contributed by atoms with E-state index in [2.05, 4.69) is 10.2 Å². The lowest BCUT2D eigenvalue weighted by Crippen LogP contribution is -2.54. The minimum Gasteiger partial charge on any atom is -0.360 e. The van der Waals surface area contributed by atoms with Crippen molar-refractivity contribution in [2.75, 3.05) is 26.2 Å². The van der Waals surface area contributed by atoms with Gasteiger partial charge in [0.05, 0.1) is 4.90 Å². The second kappa shape index (κ2) is 7.26. The van der Waals surface area contributed by atoms with Gasteiger partial charge in [-0.05, 0) is 67.6 Å². The van der Waals surface area contributed by atoms with Crippen molar-refractivity contribution in [2.45, 2.75) is 36.6 Å². The van der Waals surface area contributed by atoms with Crippen molar-refractivity contribution < 1.29 is 8.42 Å². The monoisotopic (exact) mass is 413 g/mol. The summed E-state index contributed by atoms with van der Waals surface area (Å²) in [6, 6.07) is 6.85. The number of piperazine rings is 1. The number of halogens is 1. The van der Waals surface area contributed by atoms with Crippen LogP contribution < -0.4 is 5.32 Å².